The number of carboxylic acid groups (broad SMARTS) is 1. The summed E-state index contributed by atoms with van der Waals surface area (Å²) in [6.45, 7) is 3.30. The molecule has 0 spiro atoms. The second-order valence-corrected chi connectivity index (χ2v) is 5.51. The molecule has 0 saturated heterocycles. The molecule has 0 fully saturated rings. The van der Waals surface area contributed by atoms with E-state index < -0.39 is 23.3 Å². The van der Waals surface area contributed by atoms with E-state index in [1.165, 1.54) is 21.3 Å². The number of hydrogen-bond donors (Lipinski definition) is 2. The Bertz CT molecular complexity index is 570. The number of hydrogen-bond acceptors (Lipinski definition) is 5. The zero-order valence-corrected chi connectivity index (χ0v) is 14.0. The van der Waals surface area contributed by atoms with Crippen molar-refractivity contribution in [3.05, 3.63) is 23.8 Å². The first-order chi connectivity index (χ1) is 10.8. The average molecular weight is 325 g/mol. The normalized spacial score (nSPS) is 12.4. The number of aliphatic carboxylic acids is 1. The van der Waals surface area contributed by atoms with Crippen LogP contribution in [0.3, 0.4) is 0 Å². The predicted octanol–water partition coefficient (Wildman–Crippen LogP) is 1.20. The fraction of sp³-hybridized carbons (Fsp3) is 0.500. The van der Waals surface area contributed by atoms with Gasteiger partial charge in [0.1, 0.15) is 0 Å². The highest BCUT2D eigenvalue weighted by atomic mass is 16.5. The third-order valence-electron chi connectivity index (χ3n) is 3.61. The minimum Gasteiger partial charge on any atom is -0.493 e. The zero-order chi connectivity index (χ0) is 17.6. The van der Waals surface area contributed by atoms with Gasteiger partial charge < -0.3 is 24.6 Å². The molecule has 1 aromatic rings. The summed E-state index contributed by atoms with van der Waals surface area (Å²) in [7, 11) is 4.41. The minimum absolute atomic E-state index is 0.108. The molecule has 0 aromatic heterocycles. The molecule has 1 atom stereocenters. The van der Waals surface area contributed by atoms with Crippen molar-refractivity contribution in [2.75, 3.05) is 27.9 Å². The van der Waals surface area contributed by atoms with Gasteiger partial charge in [0, 0.05) is 7.11 Å². The van der Waals surface area contributed by atoms with Crippen LogP contribution in [-0.4, -0.2) is 51.0 Å². The van der Waals surface area contributed by atoms with Crippen LogP contribution >= 0.6 is 0 Å². The van der Waals surface area contributed by atoms with Crippen molar-refractivity contribution in [2.45, 2.75) is 25.3 Å². The summed E-state index contributed by atoms with van der Waals surface area (Å²) >= 11 is 0. The number of carboxylic acids is 1. The Morgan fingerprint density at radius 1 is 1.17 bits per heavy atom. The molecule has 0 aliphatic carbocycles. The fourth-order valence-electron chi connectivity index (χ4n) is 2.04. The van der Waals surface area contributed by atoms with Crippen LogP contribution in [0.15, 0.2) is 18.2 Å². The lowest BCUT2D eigenvalue weighted by Crippen LogP contribution is -2.50. The van der Waals surface area contributed by atoms with E-state index in [0.29, 0.717) is 17.1 Å². The second kappa shape index (κ2) is 7.82. The number of amides is 1. The molecule has 1 unspecified atom stereocenters. The minimum atomic E-state index is -1.15. The monoisotopic (exact) mass is 325 g/mol. The number of benzene rings is 1. The second-order valence-electron chi connectivity index (χ2n) is 5.51. The molecule has 128 valence electrons. The molecule has 0 aliphatic heterocycles. The topological polar surface area (TPSA) is 94.1 Å². The molecule has 0 heterocycles. The van der Waals surface area contributed by atoms with Crippen LogP contribution in [0, 0.1) is 0 Å². The van der Waals surface area contributed by atoms with E-state index in [4.69, 9.17) is 19.3 Å². The van der Waals surface area contributed by atoms with E-state index in [1.54, 1.807) is 32.0 Å². The van der Waals surface area contributed by atoms with Gasteiger partial charge in [-0.05, 0) is 31.5 Å². The van der Waals surface area contributed by atoms with Crippen LogP contribution in [0.2, 0.25) is 0 Å². The van der Waals surface area contributed by atoms with Gasteiger partial charge in [-0.15, -0.1) is 0 Å². The maximum atomic E-state index is 12.5. The van der Waals surface area contributed by atoms with Crippen LogP contribution in [0.1, 0.15) is 19.4 Å². The molecule has 23 heavy (non-hydrogen) atoms. The van der Waals surface area contributed by atoms with Crippen molar-refractivity contribution in [1.29, 1.82) is 0 Å². The Morgan fingerprint density at radius 2 is 1.78 bits per heavy atom. The summed E-state index contributed by atoms with van der Waals surface area (Å²) in [6.07, 6.45) is 0. The number of methoxy groups -OCH3 is 3. The molecule has 0 aliphatic rings. The quantitative estimate of drug-likeness (QED) is 0.746. The maximum absolute atomic E-state index is 12.5. The molecule has 1 aromatic carbocycles. The molecule has 1 rings (SSSR count). The molecule has 0 radical (unpaired) electrons. The Morgan fingerprint density at radius 3 is 2.26 bits per heavy atom. The molecular weight excluding hydrogens is 302 g/mol. The van der Waals surface area contributed by atoms with Gasteiger partial charge in [0.25, 0.3) is 0 Å². The molecule has 7 heteroatoms. The maximum Gasteiger partial charge on any atom is 0.328 e. The summed E-state index contributed by atoms with van der Waals surface area (Å²) in [6, 6.07) is 4.04. The van der Waals surface area contributed by atoms with E-state index in [2.05, 4.69) is 5.32 Å². The third-order valence-corrected chi connectivity index (χ3v) is 3.61. The van der Waals surface area contributed by atoms with Gasteiger partial charge in [0.2, 0.25) is 5.91 Å². The van der Waals surface area contributed by atoms with Gasteiger partial charge in [-0.25, -0.2) is 4.79 Å². The Kier molecular flexibility index (Phi) is 6.38. The van der Waals surface area contributed by atoms with E-state index >= 15 is 0 Å². The lowest BCUT2D eigenvalue weighted by Gasteiger charge is -2.27. The van der Waals surface area contributed by atoms with E-state index in [1.807, 2.05) is 0 Å². The van der Waals surface area contributed by atoms with Crippen LogP contribution < -0.4 is 14.8 Å². The standard InChI is InChI=1S/C16H23NO6/c1-16(2,15(20)17-11(9-21-3)14(18)19)10-6-7-12(22-4)13(8-10)23-5/h6-8,11H,9H2,1-5H3,(H,17,20)(H,18,19). The molecular formula is C16H23NO6. The lowest BCUT2D eigenvalue weighted by molar-refractivity contribution is -0.144. The largest absolute Gasteiger partial charge is 0.493 e. The SMILES string of the molecule is COCC(NC(=O)C(C)(C)c1ccc(OC)c(OC)c1)C(=O)O. The van der Waals surface area contributed by atoms with Crippen molar-refractivity contribution < 1.29 is 28.9 Å². The van der Waals surface area contributed by atoms with Gasteiger partial charge in [-0.1, -0.05) is 6.07 Å². The van der Waals surface area contributed by atoms with Crippen LogP contribution in [0.25, 0.3) is 0 Å². The number of ether oxygens (including phenoxy) is 3. The first-order valence-corrected chi connectivity index (χ1v) is 7.03. The molecule has 0 saturated carbocycles. The number of carbonyl (C=O) groups excluding carboxylic acids is 1. The van der Waals surface area contributed by atoms with Crippen molar-refractivity contribution in [3.8, 4) is 11.5 Å². The van der Waals surface area contributed by atoms with E-state index in [9.17, 15) is 9.59 Å². The Hall–Kier alpha value is -2.28. The van der Waals surface area contributed by atoms with Crippen molar-refractivity contribution in [2.24, 2.45) is 0 Å². The number of carbonyl (C=O) groups is 2. The van der Waals surface area contributed by atoms with Crippen LogP contribution in [0.5, 0.6) is 11.5 Å². The number of nitrogens with one attached hydrogen (secondary N) is 1. The highest BCUT2D eigenvalue weighted by Crippen LogP contribution is 2.33. The summed E-state index contributed by atoms with van der Waals surface area (Å²) < 4.78 is 15.2. The van der Waals surface area contributed by atoms with Gasteiger partial charge in [-0.2, -0.15) is 0 Å². The van der Waals surface area contributed by atoms with Crippen molar-refractivity contribution >= 4 is 11.9 Å². The molecule has 1 amide bonds. The van der Waals surface area contributed by atoms with Gasteiger partial charge in [0.05, 0.1) is 26.2 Å². The van der Waals surface area contributed by atoms with Crippen molar-refractivity contribution in [1.82, 2.24) is 5.32 Å². The fourth-order valence-corrected chi connectivity index (χ4v) is 2.04. The average Bonchev–Trinajstić information content (AvgIpc) is 2.53. The van der Waals surface area contributed by atoms with E-state index in [0.717, 1.165) is 0 Å². The van der Waals surface area contributed by atoms with Gasteiger partial charge >= 0.3 is 5.97 Å². The van der Waals surface area contributed by atoms with Crippen molar-refractivity contribution in [3.63, 3.8) is 0 Å². The van der Waals surface area contributed by atoms with Crippen LogP contribution in [0.4, 0.5) is 0 Å². The van der Waals surface area contributed by atoms with E-state index in [-0.39, 0.29) is 6.61 Å². The zero-order valence-electron chi connectivity index (χ0n) is 14.0. The molecule has 0 bridgehead atoms. The Labute approximate surface area is 135 Å². The molecule has 7 nitrogen and oxygen atoms in total. The predicted molar refractivity (Wildman–Crippen MR) is 84.0 cm³/mol. The lowest BCUT2D eigenvalue weighted by atomic mass is 9.83. The highest BCUT2D eigenvalue weighted by molar-refractivity contribution is 5.91. The molecule has 2 N–H and O–H groups in total. The Balaban J connectivity index is 3.05. The van der Waals surface area contributed by atoms with Gasteiger partial charge in [0.15, 0.2) is 17.5 Å². The highest BCUT2D eigenvalue weighted by Gasteiger charge is 2.33. The summed E-state index contributed by atoms with van der Waals surface area (Å²) in [4.78, 5) is 23.6. The third kappa shape index (κ3) is 4.35. The van der Waals surface area contributed by atoms with Crippen LogP contribution in [-0.2, 0) is 19.7 Å². The summed E-state index contributed by atoms with van der Waals surface area (Å²) in [5.41, 5.74) is -0.282. The smallest absolute Gasteiger partial charge is 0.328 e. The van der Waals surface area contributed by atoms with Gasteiger partial charge in [-0.3, -0.25) is 4.79 Å². The first-order valence-electron chi connectivity index (χ1n) is 7.03. The summed E-state index contributed by atoms with van der Waals surface area (Å²) in [5.74, 6) is -0.523. The first kappa shape index (κ1) is 18.8. The number of rotatable bonds is 8. The summed E-state index contributed by atoms with van der Waals surface area (Å²) in [5, 5.41) is 11.6.